The van der Waals surface area contributed by atoms with E-state index in [9.17, 15) is 9.90 Å². The lowest BCUT2D eigenvalue weighted by atomic mass is 9.44. The monoisotopic (exact) mass is 429 g/mol. The van der Waals surface area contributed by atoms with Crippen LogP contribution < -0.4 is 4.74 Å². The van der Waals surface area contributed by atoms with Crippen LogP contribution in [0.3, 0.4) is 0 Å². The van der Waals surface area contributed by atoms with Crippen molar-refractivity contribution in [3.05, 3.63) is 64.7 Å². The predicted octanol–water partition coefficient (Wildman–Crippen LogP) is 4.74. The number of hydrogen-bond acceptors (Lipinski definition) is 4. The number of piperidine rings is 1. The molecule has 2 aromatic rings. The summed E-state index contributed by atoms with van der Waals surface area (Å²) in [5.41, 5.74) is 5.56. The molecule has 3 fully saturated rings. The van der Waals surface area contributed by atoms with E-state index in [2.05, 4.69) is 49.2 Å². The summed E-state index contributed by atoms with van der Waals surface area (Å²) in [6.07, 6.45) is 4.30. The molecule has 0 aromatic heterocycles. The number of likely N-dealkylation sites (N-methyl/N-ethyl adjacent to an activating group) is 1. The lowest BCUT2D eigenvalue weighted by Crippen LogP contribution is -2.67. The Morgan fingerprint density at radius 2 is 1.94 bits per heavy atom. The quantitative estimate of drug-likeness (QED) is 0.749. The number of ether oxygens (including phenoxy) is 1. The Hall–Kier alpha value is -2.59. The minimum Gasteiger partial charge on any atom is -0.504 e. The second kappa shape index (κ2) is 6.71. The Morgan fingerprint density at radius 1 is 1.16 bits per heavy atom. The lowest BCUT2D eigenvalue weighted by molar-refractivity contribution is -0.138. The molecule has 1 heterocycles. The van der Waals surface area contributed by atoms with Crippen LogP contribution in [0.1, 0.15) is 49.3 Å². The number of likely N-dealkylation sites (tertiary alicyclic amines) is 1. The van der Waals surface area contributed by atoms with E-state index < -0.39 is 0 Å². The number of fused-ring (bicyclic) bond motifs is 1. The van der Waals surface area contributed by atoms with Crippen LogP contribution in [0.25, 0.3) is 5.57 Å². The molecule has 0 amide bonds. The summed E-state index contributed by atoms with van der Waals surface area (Å²) in [7, 11) is 3.86. The number of hydrogen-bond donors (Lipinski definition) is 1. The van der Waals surface area contributed by atoms with Gasteiger partial charge in [0.25, 0.3) is 0 Å². The number of phenolic OH excluding ortho intramolecular Hbond substituents is 1. The van der Waals surface area contributed by atoms with Gasteiger partial charge < -0.3 is 14.7 Å². The van der Waals surface area contributed by atoms with Crippen LogP contribution in [-0.4, -0.2) is 42.5 Å². The average molecular weight is 430 g/mol. The highest BCUT2D eigenvalue weighted by atomic mass is 16.5. The molecule has 0 radical (unpaired) electrons. The number of benzene rings is 2. The third kappa shape index (κ3) is 2.24. The summed E-state index contributed by atoms with van der Waals surface area (Å²) in [5, 5.41) is 11.5. The van der Waals surface area contributed by atoms with E-state index in [0.717, 1.165) is 37.8 Å². The molecule has 2 saturated carbocycles. The third-order valence-corrected chi connectivity index (χ3v) is 9.40. The fourth-order valence-corrected chi connectivity index (χ4v) is 8.11. The molecule has 166 valence electrons. The van der Waals surface area contributed by atoms with Gasteiger partial charge in [-0.2, -0.15) is 0 Å². The van der Waals surface area contributed by atoms with Crippen LogP contribution in [0.15, 0.2) is 48.0 Å². The number of aromatic hydroxyl groups is 1. The van der Waals surface area contributed by atoms with Gasteiger partial charge >= 0.3 is 0 Å². The molecule has 4 heteroatoms. The van der Waals surface area contributed by atoms with E-state index in [4.69, 9.17) is 4.74 Å². The first-order valence-electron chi connectivity index (χ1n) is 11.8. The minimum absolute atomic E-state index is 0.0270. The molecule has 4 atom stereocenters. The molecule has 0 spiro atoms. The Labute approximate surface area is 189 Å². The SMILES string of the molecule is COc1ccc2c(c1O)[C@]13CCN(C)[C@H](C2)[C@]12CCC(=O)C3/C(=C(\C)c1ccccc1)C2. The van der Waals surface area contributed by atoms with Crippen molar-refractivity contribution in [2.24, 2.45) is 11.3 Å². The summed E-state index contributed by atoms with van der Waals surface area (Å²) in [5.74, 6) is 0.968. The molecule has 4 nitrogen and oxygen atoms in total. The predicted molar refractivity (Wildman–Crippen MR) is 125 cm³/mol. The van der Waals surface area contributed by atoms with Gasteiger partial charge in [0, 0.05) is 34.8 Å². The number of allylic oxidation sites excluding steroid dienone is 2. The van der Waals surface area contributed by atoms with Gasteiger partial charge in [-0.25, -0.2) is 0 Å². The van der Waals surface area contributed by atoms with E-state index in [-0.39, 0.29) is 22.5 Å². The normalized spacial score (nSPS) is 34.7. The van der Waals surface area contributed by atoms with Crippen molar-refractivity contribution in [3.8, 4) is 11.5 Å². The van der Waals surface area contributed by atoms with E-state index in [1.165, 1.54) is 22.3 Å². The van der Waals surface area contributed by atoms with Gasteiger partial charge in [-0.05, 0) is 69.0 Å². The van der Waals surface area contributed by atoms with Crippen LogP contribution in [0.2, 0.25) is 0 Å². The summed E-state index contributed by atoms with van der Waals surface area (Å²) in [6.45, 7) is 3.14. The summed E-state index contributed by atoms with van der Waals surface area (Å²) < 4.78 is 5.55. The van der Waals surface area contributed by atoms with Crippen LogP contribution >= 0.6 is 0 Å². The van der Waals surface area contributed by atoms with E-state index in [0.29, 0.717) is 24.0 Å². The average Bonchev–Trinajstić information content (AvgIpc) is 3.04. The van der Waals surface area contributed by atoms with Crippen molar-refractivity contribution < 1.29 is 14.6 Å². The van der Waals surface area contributed by atoms with E-state index in [1.807, 2.05) is 12.1 Å². The number of methoxy groups -OCH3 is 1. The van der Waals surface area contributed by atoms with Crippen molar-refractivity contribution in [1.82, 2.24) is 4.90 Å². The van der Waals surface area contributed by atoms with Gasteiger partial charge in [0.1, 0.15) is 5.78 Å². The molecule has 3 aliphatic carbocycles. The number of Topliss-reactive ketones (excluding diaryl/α,β-unsaturated/α-hetero) is 1. The molecule has 1 saturated heterocycles. The van der Waals surface area contributed by atoms with Gasteiger partial charge in [-0.3, -0.25) is 4.79 Å². The maximum Gasteiger partial charge on any atom is 0.161 e. The zero-order chi connectivity index (χ0) is 22.3. The summed E-state index contributed by atoms with van der Waals surface area (Å²) >= 11 is 0. The molecule has 1 N–H and O–H groups in total. The van der Waals surface area contributed by atoms with Gasteiger partial charge in [-0.1, -0.05) is 42.0 Å². The first-order chi connectivity index (χ1) is 15.4. The smallest absolute Gasteiger partial charge is 0.161 e. The molecule has 1 aliphatic heterocycles. The van der Waals surface area contributed by atoms with Gasteiger partial charge in [0.15, 0.2) is 11.5 Å². The second-order valence-electron chi connectivity index (χ2n) is 10.3. The van der Waals surface area contributed by atoms with Crippen LogP contribution in [-0.2, 0) is 16.6 Å². The Balaban J connectivity index is 1.68. The molecule has 6 rings (SSSR count). The van der Waals surface area contributed by atoms with Crippen molar-refractivity contribution in [1.29, 1.82) is 0 Å². The molecule has 4 bridgehead atoms. The minimum atomic E-state index is -0.350. The number of carbonyl (C=O) groups excluding carboxylic acids is 1. The van der Waals surface area contributed by atoms with Gasteiger partial charge in [0.05, 0.1) is 7.11 Å². The summed E-state index contributed by atoms with van der Waals surface area (Å²) in [6, 6.07) is 14.9. The maximum atomic E-state index is 13.7. The second-order valence-corrected chi connectivity index (χ2v) is 10.3. The number of ketones is 1. The van der Waals surface area contributed by atoms with E-state index in [1.54, 1.807) is 7.11 Å². The molecule has 32 heavy (non-hydrogen) atoms. The Kier molecular flexibility index (Phi) is 4.20. The van der Waals surface area contributed by atoms with Gasteiger partial charge in [-0.15, -0.1) is 0 Å². The number of carbonyl (C=O) groups is 1. The van der Waals surface area contributed by atoms with Crippen molar-refractivity contribution in [2.75, 3.05) is 20.7 Å². The summed E-state index contributed by atoms with van der Waals surface area (Å²) in [4.78, 5) is 16.3. The number of phenols is 1. The topological polar surface area (TPSA) is 49.8 Å². The Morgan fingerprint density at radius 3 is 2.69 bits per heavy atom. The van der Waals surface area contributed by atoms with Crippen molar-refractivity contribution >= 4 is 11.4 Å². The molecule has 4 aliphatic rings. The van der Waals surface area contributed by atoms with Crippen molar-refractivity contribution in [3.63, 3.8) is 0 Å². The Bertz CT molecular complexity index is 1150. The van der Waals surface area contributed by atoms with E-state index >= 15 is 0 Å². The van der Waals surface area contributed by atoms with Gasteiger partial charge in [0.2, 0.25) is 0 Å². The highest BCUT2D eigenvalue weighted by molar-refractivity contribution is 5.92. The zero-order valence-electron chi connectivity index (χ0n) is 19.1. The number of nitrogens with zero attached hydrogens (tertiary/aromatic N) is 1. The maximum absolute atomic E-state index is 13.7. The highest BCUT2D eigenvalue weighted by Gasteiger charge is 2.73. The first-order valence-corrected chi connectivity index (χ1v) is 11.8. The van der Waals surface area contributed by atoms with Crippen LogP contribution in [0, 0.1) is 11.3 Å². The fraction of sp³-hybridized carbons (Fsp3) is 0.464. The van der Waals surface area contributed by atoms with Crippen molar-refractivity contribution in [2.45, 2.75) is 50.5 Å². The molecule has 2 aromatic carbocycles. The lowest BCUT2D eigenvalue weighted by Gasteiger charge is -2.64. The fourth-order valence-electron chi connectivity index (χ4n) is 8.11. The standard InChI is InChI=1S/C28H31NO3/c1-17(18-7-5-4-6-8-18)20-16-27-12-11-21(30)25(20)28(27)13-14-29(2)23(27)15-19-9-10-22(32-3)26(31)24(19)28/h4-10,23,25,31H,11-16H2,1-3H3/b20-17+/t23-,25?,27-,28+/m1/s1. The number of rotatable bonds is 2. The highest BCUT2D eigenvalue weighted by Crippen LogP contribution is 2.74. The van der Waals surface area contributed by atoms with Crippen LogP contribution in [0.4, 0.5) is 0 Å². The molecular formula is C28H31NO3. The largest absolute Gasteiger partial charge is 0.504 e. The third-order valence-electron chi connectivity index (χ3n) is 9.40. The zero-order valence-corrected chi connectivity index (χ0v) is 19.1. The first kappa shape index (κ1) is 20.0. The molecule has 1 unspecified atom stereocenters. The van der Waals surface area contributed by atoms with Crippen LogP contribution in [0.5, 0.6) is 11.5 Å². The molecular weight excluding hydrogens is 398 g/mol.